The van der Waals surface area contributed by atoms with Gasteiger partial charge in [-0.15, -0.1) is 0 Å². The van der Waals surface area contributed by atoms with Crippen LogP contribution in [0.5, 0.6) is 0 Å². The Hall–Kier alpha value is -1.20. The summed E-state index contributed by atoms with van der Waals surface area (Å²) in [4.78, 5) is 10.9. The zero-order valence-corrected chi connectivity index (χ0v) is 7.40. The predicted octanol–water partition coefficient (Wildman–Crippen LogP) is 1.57. The zero-order valence-electron chi connectivity index (χ0n) is 7.40. The minimum absolute atomic E-state index is 0.0665. The molecular weight excluding hydrogens is 197 g/mol. The van der Waals surface area contributed by atoms with Crippen LogP contribution in [-0.4, -0.2) is 24.8 Å². The molecule has 0 bridgehead atoms. The first kappa shape index (κ1) is 10.9. The fourth-order valence-corrected chi connectivity index (χ4v) is 1.15. The minimum Gasteiger partial charge on any atom is -0.335 e. The number of carbonyl (C=O) groups is 1. The fourth-order valence-electron chi connectivity index (χ4n) is 1.15. The Balaban J connectivity index is 2.16. The van der Waals surface area contributed by atoms with Gasteiger partial charge in [-0.2, -0.15) is 13.2 Å². The van der Waals surface area contributed by atoms with E-state index in [1.807, 2.05) is 12.2 Å². The lowest BCUT2D eigenvalue weighted by Gasteiger charge is -2.13. The van der Waals surface area contributed by atoms with E-state index < -0.39 is 18.8 Å². The molecule has 0 spiro atoms. The van der Waals surface area contributed by atoms with Crippen molar-refractivity contribution in [1.29, 1.82) is 0 Å². The van der Waals surface area contributed by atoms with Gasteiger partial charge in [0.15, 0.2) is 0 Å². The normalized spacial score (nSPS) is 17.1. The van der Waals surface area contributed by atoms with Gasteiger partial charge in [0.1, 0.15) is 6.54 Å². The van der Waals surface area contributed by atoms with Crippen LogP contribution in [0, 0.1) is 0 Å². The molecule has 0 fully saturated rings. The van der Waals surface area contributed by atoms with Crippen molar-refractivity contribution in [2.45, 2.75) is 25.1 Å². The van der Waals surface area contributed by atoms with E-state index in [0.717, 1.165) is 0 Å². The van der Waals surface area contributed by atoms with Crippen molar-refractivity contribution in [2.75, 3.05) is 6.54 Å². The molecule has 2 N–H and O–H groups in total. The molecule has 0 saturated heterocycles. The molecule has 1 aliphatic carbocycles. The number of halogens is 3. The van der Waals surface area contributed by atoms with E-state index in [2.05, 4.69) is 5.32 Å². The first-order chi connectivity index (χ1) is 6.47. The van der Waals surface area contributed by atoms with Gasteiger partial charge in [-0.1, -0.05) is 12.2 Å². The lowest BCUT2D eigenvalue weighted by atomic mass is 10.2. The molecule has 6 heteroatoms. The number of alkyl halides is 3. The number of nitrogens with one attached hydrogen (secondary N) is 2. The molecule has 14 heavy (non-hydrogen) atoms. The molecule has 0 heterocycles. The number of carbonyl (C=O) groups excluding carboxylic acids is 1. The molecule has 0 aliphatic heterocycles. The molecule has 1 aliphatic rings. The summed E-state index contributed by atoms with van der Waals surface area (Å²) >= 11 is 0. The monoisotopic (exact) mass is 208 g/mol. The molecule has 0 radical (unpaired) electrons. The Kier molecular flexibility index (Phi) is 3.38. The molecule has 0 aromatic heterocycles. The first-order valence-corrected chi connectivity index (χ1v) is 4.23. The Labute approximate surface area is 79.4 Å². The highest BCUT2D eigenvalue weighted by Crippen LogP contribution is 2.12. The summed E-state index contributed by atoms with van der Waals surface area (Å²) in [7, 11) is 0. The van der Waals surface area contributed by atoms with Gasteiger partial charge in [0.2, 0.25) is 0 Å². The highest BCUT2D eigenvalue weighted by Gasteiger charge is 2.28. The van der Waals surface area contributed by atoms with Crippen molar-refractivity contribution in [3.63, 3.8) is 0 Å². The van der Waals surface area contributed by atoms with Crippen LogP contribution < -0.4 is 10.6 Å². The molecule has 3 nitrogen and oxygen atoms in total. The lowest BCUT2D eigenvalue weighted by molar-refractivity contribution is -0.122. The van der Waals surface area contributed by atoms with Crippen LogP contribution in [0.4, 0.5) is 18.0 Å². The Bertz CT molecular complexity index is 229. The van der Waals surface area contributed by atoms with Crippen LogP contribution >= 0.6 is 0 Å². The predicted molar refractivity (Wildman–Crippen MR) is 44.8 cm³/mol. The maximum atomic E-state index is 11.7. The molecule has 80 valence electrons. The average Bonchev–Trinajstić information content (AvgIpc) is 2.52. The van der Waals surface area contributed by atoms with Crippen molar-refractivity contribution >= 4 is 6.03 Å². The molecule has 2 amide bonds. The maximum Gasteiger partial charge on any atom is 0.405 e. The van der Waals surface area contributed by atoms with Gasteiger partial charge in [-0.3, -0.25) is 0 Å². The summed E-state index contributed by atoms with van der Waals surface area (Å²) in [5.74, 6) is 0. The molecule has 0 atom stereocenters. The van der Waals surface area contributed by atoms with E-state index in [1.54, 1.807) is 5.32 Å². The first-order valence-electron chi connectivity index (χ1n) is 4.23. The van der Waals surface area contributed by atoms with E-state index in [4.69, 9.17) is 0 Å². The Morgan fingerprint density at radius 3 is 2.43 bits per heavy atom. The third-order valence-electron chi connectivity index (χ3n) is 1.79. The van der Waals surface area contributed by atoms with E-state index in [0.29, 0.717) is 12.8 Å². The topological polar surface area (TPSA) is 41.1 Å². The smallest absolute Gasteiger partial charge is 0.335 e. The van der Waals surface area contributed by atoms with Crippen LogP contribution in [0.2, 0.25) is 0 Å². The van der Waals surface area contributed by atoms with Crippen LogP contribution in [0.15, 0.2) is 12.2 Å². The third-order valence-corrected chi connectivity index (χ3v) is 1.79. The summed E-state index contributed by atoms with van der Waals surface area (Å²) in [6.45, 7) is -1.29. The summed E-state index contributed by atoms with van der Waals surface area (Å²) in [6, 6.07) is -0.834. The molecule has 1 rings (SSSR count). The second kappa shape index (κ2) is 4.34. The van der Waals surface area contributed by atoms with Crippen LogP contribution in [0.1, 0.15) is 12.8 Å². The quantitative estimate of drug-likeness (QED) is 0.664. The van der Waals surface area contributed by atoms with Gasteiger partial charge in [-0.25, -0.2) is 4.79 Å². The lowest BCUT2D eigenvalue weighted by Crippen LogP contribution is -2.44. The van der Waals surface area contributed by atoms with Gasteiger partial charge in [0, 0.05) is 6.04 Å². The van der Waals surface area contributed by atoms with Gasteiger partial charge < -0.3 is 10.6 Å². The number of hydrogen-bond donors (Lipinski definition) is 2. The molecule has 0 aromatic rings. The summed E-state index contributed by atoms with van der Waals surface area (Å²) < 4.78 is 35.0. The third kappa shape index (κ3) is 4.15. The SMILES string of the molecule is O=C(NCC(F)(F)F)NC1CC=CC1. The molecule has 0 aromatic carbocycles. The summed E-state index contributed by atoms with van der Waals surface area (Å²) in [5, 5.41) is 4.19. The summed E-state index contributed by atoms with van der Waals surface area (Å²) in [5.41, 5.74) is 0. The van der Waals surface area contributed by atoms with Gasteiger partial charge in [0.05, 0.1) is 0 Å². The minimum atomic E-state index is -4.36. The number of rotatable bonds is 2. The highest BCUT2D eigenvalue weighted by molar-refractivity contribution is 5.74. The molecule has 0 saturated carbocycles. The van der Waals surface area contributed by atoms with Crippen LogP contribution in [-0.2, 0) is 0 Å². The Morgan fingerprint density at radius 2 is 1.93 bits per heavy atom. The van der Waals surface area contributed by atoms with Crippen molar-refractivity contribution in [2.24, 2.45) is 0 Å². The van der Waals surface area contributed by atoms with Crippen LogP contribution in [0.25, 0.3) is 0 Å². The van der Waals surface area contributed by atoms with Gasteiger partial charge in [0.25, 0.3) is 0 Å². The zero-order chi connectivity index (χ0) is 10.6. The van der Waals surface area contributed by atoms with E-state index in [-0.39, 0.29) is 6.04 Å². The molecular formula is C8H11F3N2O. The van der Waals surface area contributed by atoms with Crippen molar-refractivity contribution in [3.05, 3.63) is 12.2 Å². The van der Waals surface area contributed by atoms with Crippen molar-refractivity contribution in [3.8, 4) is 0 Å². The van der Waals surface area contributed by atoms with E-state index in [1.165, 1.54) is 0 Å². The van der Waals surface area contributed by atoms with Gasteiger partial charge >= 0.3 is 12.2 Å². The van der Waals surface area contributed by atoms with Gasteiger partial charge in [-0.05, 0) is 12.8 Å². The maximum absolute atomic E-state index is 11.7. The largest absolute Gasteiger partial charge is 0.405 e. The number of hydrogen-bond acceptors (Lipinski definition) is 1. The highest BCUT2D eigenvalue weighted by atomic mass is 19.4. The van der Waals surface area contributed by atoms with Crippen molar-refractivity contribution < 1.29 is 18.0 Å². The standard InChI is InChI=1S/C8H11F3N2O/c9-8(10,11)5-12-7(14)13-6-3-1-2-4-6/h1-2,6H,3-5H2,(H2,12,13,14). The average molecular weight is 208 g/mol. The van der Waals surface area contributed by atoms with Crippen LogP contribution in [0.3, 0.4) is 0 Å². The fraction of sp³-hybridized carbons (Fsp3) is 0.625. The summed E-state index contributed by atoms with van der Waals surface area (Å²) in [6.07, 6.45) is 0.771. The second-order valence-electron chi connectivity index (χ2n) is 3.08. The Morgan fingerprint density at radius 1 is 1.36 bits per heavy atom. The number of urea groups is 1. The van der Waals surface area contributed by atoms with E-state index >= 15 is 0 Å². The molecule has 0 unspecified atom stereocenters. The van der Waals surface area contributed by atoms with Crippen molar-refractivity contribution in [1.82, 2.24) is 10.6 Å². The van der Waals surface area contributed by atoms with E-state index in [9.17, 15) is 18.0 Å². The number of amides is 2. The second-order valence-corrected chi connectivity index (χ2v) is 3.08.